The van der Waals surface area contributed by atoms with Gasteiger partial charge in [-0.15, -0.1) is 0 Å². The van der Waals surface area contributed by atoms with Crippen LogP contribution in [0.1, 0.15) is 23.0 Å². The van der Waals surface area contributed by atoms with Crippen molar-refractivity contribution in [2.75, 3.05) is 12.8 Å². The Balaban J connectivity index is 2.18. The molecule has 1 amide bonds. The SMILES string of the molecule is CCn1ncc(N)c1C(=O)N(C)Cc1cccc(Cl)c1. The molecule has 0 radical (unpaired) electrons. The van der Waals surface area contributed by atoms with E-state index in [0.29, 0.717) is 29.5 Å². The Hall–Kier alpha value is -2.01. The highest BCUT2D eigenvalue weighted by Gasteiger charge is 2.20. The van der Waals surface area contributed by atoms with E-state index in [1.54, 1.807) is 22.7 Å². The summed E-state index contributed by atoms with van der Waals surface area (Å²) < 4.78 is 1.60. The Bertz CT molecular complexity index is 623. The molecule has 5 nitrogen and oxygen atoms in total. The van der Waals surface area contributed by atoms with Gasteiger partial charge in [0.2, 0.25) is 0 Å². The molecule has 0 spiro atoms. The molecule has 6 heteroatoms. The molecule has 20 heavy (non-hydrogen) atoms. The molecule has 0 saturated carbocycles. The van der Waals surface area contributed by atoms with Crippen molar-refractivity contribution in [2.45, 2.75) is 20.0 Å². The first-order valence-electron chi connectivity index (χ1n) is 6.34. The second kappa shape index (κ2) is 5.96. The van der Waals surface area contributed by atoms with Crippen molar-refractivity contribution in [3.63, 3.8) is 0 Å². The van der Waals surface area contributed by atoms with Gasteiger partial charge in [-0.3, -0.25) is 9.48 Å². The topological polar surface area (TPSA) is 64.2 Å². The summed E-state index contributed by atoms with van der Waals surface area (Å²) in [6.07, 6.45) is 1.50. The summed E-state index contributed by atoms with van der Waals surface area (Å²) in [5.74, 6) is -0.151. The number of hydrogen-bond donors (Lipinski definition) is 1. The number of amides is 1. The van der Waals surface area contributed by atoms with Crippen LogP contribution in [-0.4, -0.2) is 27.6 Å². The predicted octanol–water partition coefficient (Wildman–Crippen LogP) is 2.41. The van der Waals surface area contributed by atoms with Gasteiger partial charge in [-0.25, -0.2) is 0 Å². The van der Waals surface area contributed by atoms with Gasteiger partial charge in [-0.05, 0) is 24.6 Å². The number of rotatable bonds is 4. The number of nitrogens with zero attached hydrogens (tertiary/aromatic N) is 3. The largest absolute Gasteiger partial charge is 0.396 e. The molecule has 0 saturated heterocycles. The molecular formula is C14H17ClN4O. The maximum absolute atomic E-state index is 12.4. The van der Waals surface area contributed by atoms with Gasteiger partial charge >= 0.3 is 0 Å². The number of carbonyl (C=O) groups is 1. The number of carbonyl (C=O) groups excluding carboxylic acids is 1. The standard InChI is InChI=1S/C14H17ClN4O/c1-3-19-13(12(16)8-17-19)14(20)18(2)9-10-5-4-6-11(15)7-10/h4-8H,3,9,16H2,1-2H3. The lowest BCUT2D eigenvalue weighted by Crippen LogP contribution is -2.29. The third-order valence-electron chi connectivity index (χ3n) is 3.03. The molecule has 1 aromatic heterocycles. The van der Waals surface area contributed by atoms with Crippen LogP contribution in [0.3, 0.4) is 0 Å². The third kappa shape index (κ3) is 2.93. The van der Waals surface area contributed by atoms with E-state index in [2.05, 4.69) is 5.10 Å². The highest BCUT2D eigenvalue weighted by Crippen LogP contribution is 2.16. The van der Waals surface area contributed by atoms with Gasteiger partial charge in [0.05, 0.1) is 11.9 Å². The lowest BCUT2D eigenvalue weighted by atomic mass is 10.2. The van der Waals surface area contributed by atoms with E-state index in [1.165, 1.54) is 6.20 Å². The highest BCUT2D eigenvalue weighted by molar-refractivity contribution is 6.30. The molecule has 0 aliphatic carbocycles. The first-order chi connectivity index (χ1) is 9.52. The normalized spacial score (nSPS) is 10.6. The van der Waals surface area contributed by atoms with E-state index in [0.717, 1.165) is 5.56 Å². The van der Waals surface area contributed by atoms with Crippen molar-refractivity contribution in [1.82, 2.24) is 14.7 Å². The Morgan fingerprint density at radius 2 is 2.25 bits per heavy atom. The first-order valence-corrected chi connectivity index (χ1v) is 6.72. The van der Waals surface area contributed by atoms with Crippen LogP contribution >= 0.6 is 11.6 Å². The Kier molecular flexibility index (Phi) is 4.29. The lowest BCUT2D eigenvalue weighted by Gasteiger charge is -2.18. The fourth-order valence-corrected chi connectivity index (χ4v) is 2.25. The minimum absolute atomic E-state index is 0.151. The summed E-state index contributed by atoms with van der Waals surface area (Å²) in [4.78, 5) is 14.1. The van der Waals surface area contributed by atoms with Gasteiger partial charge in [0.15, 0.2) is 0 Å². The molecule has 0 bridgehead atoms. The molecule has 0 atom stereocenters. The van der Waals surface area contributed by atoms with Crippen LogP contribution in [0.5, 0.6) is 0 Å². The van der Waals surface area contributed by atoms with Crippen molar-refractivity contribution in [3.8, 4) is 0 Å². The van der Waals surface area contributed by atoms with Gasteiger partial charge in [0.25, 0.3) is 5.91 Å². The Morgan fingerprint density at radius 1 is 1.50 bits per heavy atom. The second-order valence-corrected chi connectivity index (χ2v) is 4.99. The highest BCUT2D eigenvalue weighted by atomic mass is 35.5. The number of hydrogen-bond acceptors (Lipinski definition) is 3. The average molecular weight is 293 g/mol. The van der Waals surface area contributed by atoms with Gasteiger partial charge in [0, 0.05) is 25.2 Å². The van der Waals surface area contributed by atoms with Crippen LogP contribution in [-0.2, 0) is 13.1 Å². The van der Waals surface area contributed by atoms with Gasteiger partial charge < -0.3 is 10.6 Å². The number of nitrogens with two attached hydrogens (primary N) is 1. The van der Waals surface area contributed by atoms with E-state index < -0.39 is 0 Å². The van der Waals surface area contributed by atoms with Crippen molar-refractivity contribution in [2.24, 2.45) is 0 Å². The maximum Gasteiger partial charge on any atom is 0.274 e. The van der Waals surface area contributed by atoms with Gasteiger partial charge in [0.1, 0.15) is 5.69 Å². The van der Waals surface area contributed by atoms with E-state index >= 15 is 0 Å². The molecule has 2 rings (SSSR count). The summed E-state index contributed by atoms with van der Waals surface area (Å²) in [5.41, 5.74) is 7.61. The zero-order valence-electron chi connectivity index (χ0n) is 11.5. The van der Waals surface area contributed by atoms with Crippen LogP contribution in [0.25, 0.3) is 0 Å². The summed E-state index contributed by atoms with van der Waals surface area (Å²) in [6.45, 7) is 2.98. The number of aromatic nitrogens is 2. The Morgan fingerprint density at radius 3 is 2.90 bits per heavy atom. The summed E-state index contributed by atoms with van der Waals surface area (Å²) in [7, 11) is 1.73. The lowest BCUT2D eigenvalue weighted by molar-refractivity contribution is 0.0774. The molecule has 2 N–H and O–H groups in total. The number of benzene rings is 1. The summed E-state index contributed by atoms with van der Waals surface area (Å²) in [5, 5.41) is 4.74. The second-order valence-electron chi connectivity index (χ2n) is 4.56. The molecular weight excluding hydrogens is 276 g/mol. The van der Waals surface area contributed by atoms with Crippen molar-refractivity contribution >= 4 is 23.2 Å². The van der Waals surface area contributed by atoms with Crippen LogP contribution in [0.2, 0.25) is 5.02 Å². The van der Waals surface area contributed by atoms with E-state index in [1.807, 2.05) is 25.1 Å². The number of halogens is 1. The average Bonchev–Trinajstić information content (AvgIpc) is 2.79. The van der Waals surface area contributed by atoms with Crippen LogP contribution < -0.4 is 5.73 Å². The smallest absolute Gasteiger partial charge is 0.274 e. The molecule has 106 valence electrons. The summed E-state index contributed by atoms with van der Waals surface area (Å²) in [6, 6.07) is 7.43. The molecule has 0 unspecified atom stereocenters. The Labute approximate surface area is 122 Å². The molecule has 1 heterocycles. The monoisotopic (exact) mass is 292 g/mol. The molecule has 1 aromatic carbocycles. The minimum Gasteiger partial charge on any atom is -0.396 e. The minimum atomic E-state index is -0.151. The van der Waals surface area contributed by atoms with E-state index in [9.17, 15) is 4.79 Å². The van der Waals surface area contributed by atoms with Crippen LogP contribution in [0.15, 0.2) is 30.5 Å². The summed E-state index contributed by atoms with van der Waals surface area (Å²) >= 11 is 5.94. The van der Waals surface area contributed by atoms with Crippen molar-refractivity contribution in [1.29, 1.82) is 0 Å². The number of nitrogen functional groups attached to an aromatic ring is 1. The van der Waals surface area contributed by atoms with Gasteiger partial charge in [-0.2, -0.15) is 5.10 Å². The third-order valence-corrected chi connectivity index (χ3v) is 3.26. The maximum atomic E-state index is 12.4. The zero-order chi connectivity index (χ0) is 14.7. The fraction of sp³-hybridized carbons (Fsp3) is 0.286. The van der Waals surface area contributed by atoms with Crippen molar-refractivity contribution in [3.05, 3.63) is 46.7 Å². The van der Waals surface area contributed by atoms with E-state index in [4.69, 9.17) is 17.3 Å². The number of aryl methyl sites for hydroxylation is 1. The van der Waals surface area contributed by atoms with Crippen LogP contribution in [0.4, 0.5) is 5.69 Å². The van der Waals surface area contributed by atoms with Crippen LogP contribution in [0, 0.1) is 0 Å². The van der Waals surface area contributed by atoms with Crippen molar-refractivity contribution < 1.29 is 4.79 Å². The number of anilines is 1. The fourth-order valence-electron chi connectivity index (χ4n) is 2.04. The zero-order valence-corrected chi connectivity index (χ0v) is 12.3. The molecule has 0 aliphatic rings. The first kappa shape index (κ1) is 14.4. The van der Waals surface area contributed by atoms with Gasteiger partial charge in [-0.1, -0.05) is 23.7 Å². The quantitative estimate of drug-likeness (QED) is 0.941. The predicted molar refractivity (Wildman–Crippen MR) is 79.6 cm³/mol. The van der Waals surface area contributed by atoms with E-state index in [-0.39, 0.29) is 5.91 Å². The molecule has 0 fully saturated rings. The molecule has 0 aliphatic heterocycles. The molecule has 2 aromatic rings.